The fourth-order valence-corrected chi connectivity index (χ4v) is 2.72. The van der Waals surface area contributed by atoms with Gasteiger partial charge in [0.2, 0.25) is 0 Å². The Kier molecular flexibility index (Phi) is 10.3. The van der Waals surface area contributed by atoms with Gasteiger partial charge in [0, 0.05) is 25.8 Å². The van der Waals surface area contributed by atoms with Gasteiger partial charge in [-0.15, -0.1) is 24.0 Å². The van der Waals surface area contributed by atoms with E-state index < -0.39 is 5.60 Å². The minimum atomic E-state index is -0.493. The van der Waals surface area contributed by atoms with Gasteiger partial charge in [-0.2, -0.15) is 0 Å². The minimum Gasteiger partial charge on any atom is -0.490 e. The van der Waals surface area contributed by atoms with Gasteiger partial charge in [0.15, 0.2) is 5.96 Å². The van der Waals surface area contributed by atoms with Crippen molar-refractivity contribution in [3.8, 4) is 5.75 Å². The van der Waals surface area contributed by atoms with Gasteiger partial charge in [-0.3, -0.25) is 4.98 Å². The fraction of sp³-hybridized carbons (Fsp3) is 0.632. The van der Waals surface area contributed by atoms with Crippen LogP contribution in [0.2, 0.25) is 0 Å². The molecule has 1 unspecified atom stereocenters. The van der Waals surface area contributed by atoms with Crippen molar-refractivity contribution in [2.75, 3.05) is 32.8 Å². The van der Waals surface area contributed by atoms with Gasteiger partial charge in [-0.25, -0.2) is 9.79 Å². The van der Waals surface area contributed by atoms with Gasteiger partial charge in [-0.1, -0.05) is 0 Å². The first-order valence-electron chi connectivity index (χ1n) is 9.43. The number of nitrogens with zero attached hydrogens (tertiary/aromatic N) is 3. The van der Waals surface area contributed by atoms with Crippen LogP contribution >= 0.6 is 24.0 Å². The Morgan fingerprint density at radius 3 is 2.86 bits per heavy atom. The summed E-state index contributed by atoms with van der Waals surface area (Å²) in [6.45, 7) is 10.9. The molecule has 1 aromatic rings. The second kappa shape index (κ2) is 11.9. The summed E-state index contributed by atoms with van der Waals surface area (Å²) in [5.41, 5.74) is -0.493. The Hall–Kier alpha value is -1.78. The molecule has 1 aliphatic rings. The summed E-state index contributed by atoms with van der Waals surface area (Å²) in [6.07, 6.45) is 3.88. The lowest BCUT2D eigenvalue weighted by molar-refractivity contribution is 0.0507. The number of carbonyl (C=O) groups excluding carboxylic acids is 1. The van der Waals surface area contributed by atoms with E-state index >= 15 is 0 Å². The molecule has 0 radical (unpaired) electrons. The van der Waals surface area contributed by atoms with Gasteiger partial charge in [0.1, 0.15) is 18.0 Å². The van der Waals surface area contributed by atoms with Crippen LogP contribution in [0.15, 0.2) is 29.5 Å². The number of guanidine groups is 1. The third-order valence-electron chi connectivity index (χ3n) is 3.80. The largest absolute Gasteiger partial charge is 0.490 e. The van der Waals surface area contributed by atoms with Crippen molar-refractivity contribution in [1.29, 1.82) is 0 Å². The van der Waals surface area contributed by atoms with E-state index in [0.29, 0.717) is 19.7 Å². The number of carbonyl (C=O) groups is 1. The summed E-state index contributed by atoms with van der Waals surface area (Å²) >= 11 is 0. The summed E-state index contributed by atoms with van der Waals surface area (Å²) in [6, 6.07) is 3.76. The van der Waals surface area contributed by atoms with Crippen molar-refractivity contribution in [2.24, 2.45) is 4.99 Å². The topological polar surface area (TPSA) is 88.1 Å². The molecule has 2 heterocycles. The molecule has 1 fully saturated rings. The summed E-state index contributed by atoms with van der Waals surface area (Å²) in [4.78, 5) is 22.7. The second-order valence-electron chi connectivity index (χ2n) is 7.35. The standard InChI is InChI=1S/C19H31N5O3.HI/c1-5-21-17(22-10-12-26-16-7-6-9-20-13-16)24-11-8-15(14-24)23-18(25)27-19(2,3)4;/h6-7,9,13,15H,5,8,10-12,14H2,1-4H3,(H,21,22)(H,23,25);1H. The number of nitrogens with one attached hydrogen (secondary N) is 2. The summed E-state index contributed by atoms with van der Waals surface area (Å²) in [5.74, 6) is 1.57. The van der Waals surface area contributed by atoms with Crippen LogP contribution in [0.1, 0.15) is 34.1 Å². The molecule has 28 heavy (non-hydrogen) atoms. The number of hydrogen-bond donors (Lipinski definition) is 2. The molecular weight excluding hydrogens is 473 g/mol. The third kappa shape index (κ3) is 8.94. The Balaban J connectivity index is 0.00000392. The number of rotatable bonds is 6. The molecular formula is C19H32IN5O3. The monoisotopic (exact) mass is 505 g/mol. The predicted molar refractivity (Wildman–Crippen MR) is 120 cm³/mol. The van der Waals surface area contributed by atoms with Crippen molar-refractivity contribution in [2.45, 2.75) is 45.8 Å². The maximum atomic E-state index is 11.9. The molecule has 0 saturated carbocycles. The first-order chi connectivity index (χ1) is 12.9. The molecule has 9 heteroatoms. The summed E-state index contributed by atoms with van der Waals surface area (Å²) < 4.78 is 11.0. The molecule has 0 aliphatic carbocycles. The highest BCUT2D eigenvalue weighted by Crippen LogP contribution is 2.12. The van der Waals surface area contributed by atoms with Crippen molar-refractivity contribution < 1.29 is 14.3 Å². The van der Waals surface area contributed by atoms with E-state index in [9.17, 15) is 4.79 Å². The maximum absolute atomic E-state index is 11.9. The average molecular weight is 505 g/mol. The van der Waals surface area contributed by atoms with Crippen molar-refractivity contribution in [3.05, 3.63) is 24.5 Å². The Morgan fingerprint density at radius 2 is 2.21 bits per heavy atom. The summed E-state index contributed by atoms with van der Waals surface area (Å²) in [5, 5.41) is 6.23. The molecule has 1 amide bonds. The number of halogens is 1. The fourth-order valence-electron chi connectivity index (χ4n) is 2.72. The van der Waals surface area contributed by atoms with Crippen LogP contribution in [-0.2, 0) is 4.74 Å². The molecule has 1 aliphatic heterocycles. The predicted octanol–water partition coefficient (Wildman–Crippen LogP) is 2.64. The average Bonchev–Trinajstić information content (AvgIpc) is 3.05. The number of hydrogen-bond acceptors (Lipinski definition) is 5. The molecule has 1 aromatic heterocycles. The van der Waals surface area contributed by atoms with E-state index in [2.05, 4.69) is 25.5 Å². The van der Waals surface area contributed by atoms with Crippen molar-refractivity contribution in [3.63, 3.8) is 0 Å². The van der Waals surface area contributed by atoms with E-state index in [1.54, 1.807) is 12.4 Å². The number of ether oxygens (including phenoxy) is 2. The van der Waals surface area contributed by atoms with E-state index in [1.165, 1.54) is 0 Å². The molecule has 0 spiro atoms. The van der Waals surface area contributed by atoms with E-state index in [1.807, 2.05) is 39.8 Å². The van der Waals surface area contributed by atoms with Gasteiger partial charge < -0.3 is 25.0 Å². The second-order valence-corrected chi connectivity index (χ2v) is 7.35. The molecule has 8 nitrogen and oxygen atoms in total. The summed E-state index contributed by atoms with van der Waals surface area (Å²) in [7, 11) is 0. The quantitative estimate of drug-likeness (QED) is 0.268. The van der Waals surface area contributed by atoms with Crippen molar-refractivity contribution in [1.82, 2.24) is 20.5 Å². The van der Waals surface area contributed by atoms with Crippen LogP contribution in [-0.4, -0.2) is 66.4 Å². The first-order valence-corrected chi connectivity index (χ1v) is 9.43. The van der Waals surface area contributed by atoms with Gasteiger partial charge >= 0.3 is 6.09 Å². The molecule has 0 aromatic carbocycles. The van der Waals surface area contributed by atoms with Gasteiger partial charge in [-0.05, 0) is 46.2 Å². The Morgan fingerprint density at radius 1 is 1.43 bits per heavy atom. The Bertz CT molecular complexity index is 622. The van der Waals surface area contributed by atoms with Crippen LogP contribution in [0.25, 0.3) is 0 Å². The van der Waals surface area contributed by atoms with Crippen LogP contribution in [0.4, 0.5) is 4.79 Å². The highest BCUT2D eigenvalue weighted by molar-refractivity contribution is 14.0. The lowest BCUT2D eigenvalue weighted by Crippen LogP contribution is -2.44. The molecule has 2 N–H and O–H groups in total. The van der Waals surface area contributed by atoms with E-state index in [0.717, 1.165) is 31.2 Å². The Labute approximate surface area is 184 Å². The molecule has 158 valence electrons. The van der Waals surface area contributed by atoms with E-state index in [-0.39, 0.29) is 36.1 Å². The number of aliphatic imine (C=N–C) groups is 1. The smallest absolute Gasteiger partial charge is 0.407 e. The SMILES string of the molecule is CCNC(=NCCOc1cccnc1)N1CCC(NC(=O)OC(C)(C)C)C1.I. The maximum Gasteiger partial charge on any atom is 0.407 e. The lowest BCUT2D eigenvalue weighted by atomic mass is 10.2. The molecule has 0 bridgehead atoms. The zero-order chi connectivity index (χ0) is 19.7. The van der Waals surface area contributed by atoms with Crippen LogP contribution < -0.4 is 15.4 Å². The minimum absolute atomic E-state index is 0. The van der Waals surface area contributed by atoms with Crippen LogP contribution in [0, 0.1) is 0 Å². The third-order valence-corrected chi connectivity index (χ3v) is 3.80. The van der Waals surface area contributed by atoms with Crippen molar-refractivity contribution >= 4 is 36.0 Å². The zero-order valence-electron chi connectivity index (χ0n) is 17.1. The zero-order valence-corrected chi connectivity index (χ0v) is 19.4. The van der Waals surface area contributed by atoms with Crippen LogP contribution in [0.3, 0.4) is 0 Å². The molecule has 1 atom stereocenters. The molecule has 1 saturated heterocycles. The number of amides is 1. The number of alkyl carbamates (subject to hydrolysis) is 1. The molecule has 2 rings (SSSR count). The van der Waals surface area contributed by atoms with Gasteiger partial charge in [0.25, 0.3) is 0 Å². The lowest BCUT2D eigenvalue weighted by Gasteiger charge is -2.23. The van der Waals surface area contributed by atoms with Gasteiger partial charge in [0.05, 0.1) is 18.8 Å². The number of likely N-dealkylation sites (tertiary alicyclic amines) is 1. The normalized spacial score (nSPS) is 16.9. The number of pyridine rings is 1. The highest BCUT2D eigenvalue weighted by Gasteiger charge is 2.27. The first kappa shape index (κ1) is 24.3. The van der Waals surface area contributed by atoms with E-state index in [4.69, 9.17) is 9.47 Å². The van der Waals surface area contributed by atoms with Crippen LogP contribution in [0.5, 0.6) is 5.75 Å². The highest BCUT2D eigenvalue weighted by atomic mass is 127. The number of aromatic nitrogens is 1.